The third-order valence-corrected chi connectivity index (χ3v) is 4.98. The third-order valence-electron chi connectivity index (χ3n) is 3.99. The smallest absolute Gasteiger partial charge is 0.311 e. The number of rotatable bonds is 4. The van der Waals surface area contributed by atoms with E-state index in [9.17, 15) is 14.0 Å². The van der Waals surface area contributed by atoms with Crippen molar-refractivity contribution in [2.24, 2.45) is 5.92 Å². The molecule has 3 rings (SSSR count). The fourth-order valence-corrected chi connectivity index (χ4v) is 3.27. The molecule has 1 aliphatic rings. The van der Waals surface area contributed by atoms with Crippen LogP contribution in [0.1, 0.15) is 28.9 Å². The van der Waals surface area contributed by atoms with Crippen LogP contribution in [0.25, 0.3) is 0 Å². The van der Waals surface area contributed by atoms with Crippen LogP contribution in [0.2, 0.25) is 4.34 Å². The second kappa shape index (κ2) is 7.88. The fourth-order valence-electron chi connectivity index (χ4n) is 2.67. The van der Waals surface area contributed by atoms with Gasteiger partial charge in [0.1, 0.15) is 22.5 Å². The standard InChI is InChI=1S/C16H15ClFN3O3S/c17-14-13(19-20-25-14)9-24-16(23)11-2-1-7-21(8-11)15(22)10-3-5-12(18)6-4-10/h3-6,11H,1-2,7-9H2. The molecule has 6 nitrogen and oxygen atoms in total. The molecular weight excluding hydrogens is 369 g/mol. The highest BCUT2D eigenvalue weighted by atomic mass is 35.5. The molecule has 1 fully saturated rings. The number of aromatic nitrogens is 2. The number of ether oxygens (including phenoxy) is 1. The van der Waals surface area contributed by atoms with Gasteiger partial charge in [0.05, 0.1) is 5.92 Å². The van der Waals surface area contributed by atoms with Gasteiger partial charge in [-0.25, -0.2) is 4.39 Å². The van der Waals surface area contributed by atoms with Gasteiger partial charge in [-0.05, 0) is 37.1 Å². The Hall–Kier alpha value is -2.06. The number of benzene rings is 1. The quantitative estimate of drug-likeness (QED) is 0.759. The maximum atomic E-state index is 13.0. The molecule has 0 saturated carbocycles. The molecule has 1 unspecified atom stereocenters. The maximum absolute atomic E-state index is 13.0. The normalized spacial score (nSPS) is 17.4. The van der Waals surface area contributed by atoms with E-state index >= 15 is 0 Å². The van der Waals surface area contributed by atoms with Gasteiger partial charge in [-0.2, -0.15) is 0 Å². The summed E-state index contributed by atoms with van der Waals surface area (Å²) < 4.78 is 22.3. The third kappa shape index (κ3) is 4.32. The lowest BCUT2D eigenvalue weighted by Crippen LogP contribution is -2.42. The number of nitrogens with zero attached hydrogens (tertiary/aromatic N) is 3. The fraction of sp³-hybridized carbons (Fsp3) is 0.375. The summed E-state index contributed by atoms with van der Waals surface area (Å²) in [7, 11) is 0. The number of hydrogen-bond acceptors (Lipinski definition) is 6. The molecule has 0 N–H and O–H groups in total. The first-order valence-electron chi connectivity index (χ1n) is 7.73. The van der Waals surface area contributed by atoms with Crippen molar-refractivity contribution >= 4 is 35.0 Å². The molecule has 1 atom stereocenters. The van der Waals surface area contributed by atoms with E-state index in [1.54, 1.807) is 4.90 Å². The Labute approximate surface area is 152 Å². The van der Waals surface area contributed by atoms with Gasteiger partial charge < -0.3 is 9.64 Å². The van der Waals surface area contributed by atoms with Crippen LogP contribution in [0.15, 0.2) is 24.3 Å². The number of carbonyl (C=O) groups is 2. The second-order valence-electron chi connectivity index (χ2n) is 5.70. The first-order valence-corrected chi connectivity index (χ1v) is 8.88. The Morgan fingerprint density at radius 1 is 1.36 bits per heavy atom. The molecule has 9 heteroatoms. The van der Waals surface area contributed by atoms with E-state index in [1.165, 1.54) is 24.3 Å². The Morgan fingerprint density at radius 2 is 2.12 bits per heavy atom. The molecule has 0 spiro atoms. The predicted octanol–water partition coefficient (Wildman–Crippen LogP) is 2.93. The van der Waals surface area contributed by atoms with Gasteiger partial charge in [0.2, 0.25) is 0 Å². The largest absolute Gasteiger partial charge is 0.459 e. The average molecular weight is 384 g/mol. The van der Waals surface area contributed by atoms with Crippen molar-refractivity contribution in [1.82, 2.24) is 14.5 Å². The Morgan fingerprint density at radius 3 is 2.80 bits per heavy atom. The highest BCUT2D eigenvalue weighted by Crippen LogP contribution is 2.22. The van der Waals surface area contributed by atoms with Crippen molar-refractivity contribution in [3.63, 3.8) is 0 Å². The molecule has 132 valence electrons. The van der Waals surface area contributed by atoms with Crippen molar-refractivity contribution in [3.8, 4) is 0 Å². The minimum absolute atomic E-state index is 0.0312. The van der Waals surface area contributed by atoms with Crippen molar-refractivity contribution in [2.45, 2.75) is 19.4 Å². The zero-order chi connectivity index (χ0) is 17.8. The molecule has 2 heterocycles. The van der Waals surface area contributed by atoms with E-state index in [0.717, 1.165) is 11.5 Å². The Kier molecular flexibility index (Phi) is 5.60. The molecule has 25 heavy (non-hydrogen) atoms. The summed E-state index contributed by atoms with van der Waals surface area (Å²) in [5.41, 5.74) is 0.825. The summed E-state index contributed by atoms with van der Waals surface area (Å²) in [5, 5.41) is 3.79. The van der Waals surface area contributed by atoms with Crippen molar-refractivity contribution in [3.05, 3.63) is 45.7 Å². The molecule has 1 aromatic heterocycles. The van der Waals surface area contributed by atoms with Crippen LogP contribution in [0.5, 0.6) is 0 Å². The average Bonchev–Trinajstić information content (AvgIpc) is 3.05. The van der Waals surface area contributed by atoms with Gasteiger partial charge in [-0.3, -0.25) is 9.59 Å². The minimum Gasteiger partial charge on any atom is -0.459 e. The lowest BCUT2D eigenvalue weighted by atomic mass is 9.97. The summed E-state index contributed by atoms with van der Waals surface area (Å²) in [5.74, 6) is -1.40. The van der Waals surface area contributed by atoms with Gasteiger partial charge in [-0.15, -0.1) is 5.10 Å². The molecule has 1 amide bonds. The summed E-state index contributed by atoms with van der Waals surface area (Å²) in [6, 6.07) is 5.37. The summed E-state index contributed by atoms with van der Waals surface area (Å²) in [6.07, 6.45) is 1.35. The topological polar surface area (TPSA) is 72.4 Å². The van der Waals surface area contributed by atoms with Gasteiger partial charge >= 0.3 is 5.97 Å². The van der Waals surface area contributed by atoms with Gasteiger partial charge in [0.15, 0.2) is 0 Å². The number of piperidine rings is 1. The summed E-state index contributed by atoms with van der Waals surface area (Å²) in [4.78, 5) is 26.3. The van der Waals surface area contributed by atoms with Gasteiger partial charge in [0.25, 0.3) is 5.91 Å². The molecule has 2 aromatic rings. The monoisotopic (exact) mass is 383 g/mol. The first kappa shape index (κ1) is 17.8. The second-order valence-corrected chi connectivity index (χ2v) is 7.05. The lowest BCUT2D eigenvalue weighted by Gasteiger charge is -2.31. The molecule has 1 aromatic carbocycles. The van der Waals surface area contributed by atoms with Gasteiger partial charge in [-0.1, -0.05) is 16.1 Å². The van der Waals surface area contributed by atoms with E-state index < -0.39 is 11.7 Å². The minimum atomic E-state index is -0.400. The van der Waals surface area contributed by atoms with Crippen LogP contribution in [0.4, 0.5) is 4.39 Å². The van der Waals surface area contributed by atoms with Crippen LogP contribution >= 0.6 is 23.1 Å². The molecule has 1 saturated heterocycles. The molecule has 0 aliphatic carbocycles. The number of esters is 1. The summed E-state index contributed by atoms with van der Waals surface area (Å²) in [6.45, 7) is 0.802. The molecule has 0 bridgehead atoms. The maximum Gasteiger partial charge on any atom is 0.311 e. The SMILES string of the molecule is O=C(OCc1nnsc1Cl)C1CCCN(C(=O)c2ccc(F)cc2)C1. The number of halogens is 2. The number of hydrogen-bond donors (Lipinski definition) is 0. The van der Waals surface area contributed by atoms with Crippen molar-refractivity contribution in [1.29, 1.82) is 0 Å². The van der Waals surface area contributed by atoms with E-state index in [1.807, 2.05) is 0 Å². The molecule has 0 radical (unpaired) electrons. The predicted molar refractivity (Wildman–Crippen MR) is 89.7 cm³/mol. The Bertz CT molecular complexity index is 768. The first-order chi connectivity index (χ1) is 12.0. The zero-order valence-corrected chi connectivity index (χ0v) is 14.7. The Balaban J connectivity index is 1.58. The molecule has 1 aliphatic heterocycles. The van der Waals surface area contributed by atoms with Crippen LogP contribution < -0.4 is 0 Å². The van der Waals surface area contributed by atoms with Gasteiger partial charge in [0, 0.05) is 30.2 Å². The highest BCUT2D eigenvalue weighted by Gasteiger charge is 2.30. The van der Waals surface area contributed by atoms with Crippen LogP contribution in [0.3, 0.4) is 0 Å². The van der Waals surface area contributed by atoms with Crippen molar-refractivity contribution < 1.29 is 18.7 Å². The van der Waals surface area contributed by atoms with Crippen LogP contribution in [-0.4, -0.2) is 39.5 Å². The number of carbonyl (C=O) groups excluding carboxylic acids is 2. The van der Waals surface area contributed by atoms with E-state index in [4.69, 9.17) is 16.3 Å². The van der Waals surface area contributed by atoms with Crippen LogP contribution in [0, 0.1) is 11.7 Å². The zero-order valence-electron chi connectivity index (χ0n) is 13.2. The highest BCUT2D eigenvalue weighted by molar-refractivity contribution is 7.10. The number of likely N-dealkylation sites (tertiary alicyclic amines) is 1. The van der Waals surface area contributed by atoms with E-state index in [0.29, 0.717) is 35.0 Å². The summed E-state index contributed by atoms with van der Waals surface area (Å²) >= 11 is 6.90. The van der Waals surface area contributed by atoms with Crippen LogP contribution in [-0.2, 0) is 16.1 Å². The van der Waals surface area contributed by atoms with E-state index in [2.05, 4.69) is 9.59 Å². The van der Waals surface area contributed by atoms with Crippen molar-refractivity contribution in [2.75, 3.05) is 13.1 Å². The lowest BCUT2D eigenvalue weighted by molar-refractivity contribution is -0.151. The number of amides is 1. The van der Waals surface area contributed by atoms with E-state index in [-0.39, 0.29) is 25.0 Å². The molecular formula is C16H15ClFN3O3S.